The maximum atomic E-state index is 11.9. The van der Waals surface area contributed by atoms with Crippen LogP contribution in [0.15, 0.2) is 18.0 Å². The normalized spacial score (nSPS) is 11.7. The van der Waals surface area contributed by atoms with Gasteiger partial charge in [-0.25, -0.2) is 12.7 Å². The highest BCUT2D eigenvalue weighted by Gasteiger charge is 2.17. The van der Waals surface area contributed by atoms with E-state index in [-0.39, 0.29) is 12.5 Å². The number of aryl methyl sites for hydroxylation is 1. The van der Waals surface area contributed by atoms with Crippen LogP contribution in [0.3, 0.4) is 0 Å². The molecule has 7 heteroatoms. The average Bonchev–Trinajstić information content (AvgIpc) is 2.72. The molecule has 0 spiro atoms. The van der Waals surface area contributed by atoms with E-state index in [0.717, 1.165) is 11.8 Å². The quantitative estimate of drug-likeness (QED) is 0.716. The molecule has 1 aromatic heterocycles. The van der Waals surface area contributed by atoms with Crippen molar-refractivity contribution in [3.05, 3.63) is 34.0 Å². The largest absolute Gasteiger partial charge is 0.333 e. The Morgan fingerprint density at radius 2 is 2.00 bits per heavy atom. The number of hydrogen-bond donors (Lipinski definition) is 0. The van der Waals surface area contributed by atoms with Gasteiger partial charge >= 0.3 is 0 Å². The Morgan fingerprint density at radius 3 is 2.43 bits per heavy atom. The minimum absolute atomic E-state index is 0.194. The van der Waals surface area contributed by atoms with Crippen LogP contribution in [0.25, 0.3) is 0 Å². The third-order valence-electron chi connectivity index (χ3n) is 3.49. The molecule has 0 saturated carbocycles. The molecule has 0 aromatic carbocycles. The third kappa shape index (κ3) is 4.94. The highest BCUT2D eigenvalue weighted by atomic mass is 32.2. The summed E-state index contributed by atoms with van der Waals surface area (Å²) in [5.41, 5.74) is 2.27. The number of sulfonamides is 1. The first-order valence-electron chi connectivity index (χ1n) is 6.53. The molecular formula is C14H22N2O3S2. The number of rotatable bonds is 7. The molecule has 118 valence electrons. The van der Waals surface area contributed by atoms with Crippen molar-refractivity contribution in [1.82, 2.24) is 9.21 Å². The number of carbonyl (C=O) groups excluding carboxylic acids is 1. The lowest BCUT2D eigenvalue weighted by atomic mass is 10.1. The lowest BCUT2D eigenvalue weighted by Gasteiger charge is -2.24. The van der Waals surface area contributed by atoms with E-state index in [0.29, 0.717) is 13.1 Å². The minimum atomic E-state index is -3.24. The third-order valence-corrected chi connectivity index (χ3v) is 5.86. The molecule has 0 fully saturated rings. The molecule has 21 heavy (non-hydrogen) atoms. The number of hydrogen-bond acceptors (Lipinski definition) is 4. The molecule has 1 rings (SSSR count). The predicted octanol–water partition coefficient (Wildman–Crippen LogP) is 1.77. The molecule has 5 nitrogen and oxygen atoms in total. The van der Waals surface area contributed by atoms with Crippen LogP contribution >= 0.6 is 11.3 Å². The molecule has 0 radical (unpaired) electrons. The summed E-state index contributed by atoms with van der Waals surface area (Å²) in [6.07, 6.45) is 2.41. The van der Waals surface area contributed by atoms with Gasteiger partial charge in [-0.05, 0) is 36.4 Å². The number of carbonyl (C=O) groups is 1. The topological polar surface area (TPSA) is 57.7 Å². The van der Waals surface area contributed by atoms with Gasteiger partial charge in [-0.15, -0.1) is 11.3 Å². The number of likely N-dealkylation sites (N-methyl/N-ethyl adjacent to an activating group) is 1. The van der Waals surface area contributed by atoms with Gasteiger partial charge in [-0.1, -0.05) is 6.58 Å². The molecule has 0 aliphatic carbocycles. The molecule has 0 bridgehead atoms. The second kappa shape index (κ2) is 7.20. The van der Waals surface area contributed by atoms with E-state index in [1.54, 1.807) is 16.2 Å². The summed E-state index contributed by atoms with van der Waals surface area (Å²) >= 11 is 1.65. The van der Waals surface area contributed by atoms with Crippen molar-refractivity contribution in [1.29, 1.82) is 0 Å². The standard InChI is InChI=1S/C14H22N2O3S2/c1-6-14(17)16(8-7-15(4)21(5,18)19)9-13-10-20-12(3)11(13)2/h6,10H,1,7-9H2,2-5H3. The van der Waals surface area contributed by atoms with Gasteiger partial charge in [0.15, 0.2) is 0 Å². The highest BCUT2D eigenvalue weighted by Crippen LogP contribution is 2.22. The summed E-state index contributed by atoms with van der Waals surface area (Å²) in [5, 5.41) is 2.04. The van der Waals surface area contributed by atoms with Crippen LogP contribution in [0.4, 0.5) is 0 Å². The van der Waals surface area contributed by atoms with Gasteiger partial charge in [0.1, 0.15) is 0 Å². The fraction of sp³-hybridized carbons (Fsp3) is 0.500. The number of nitrogens with zero attached hydrogens (tertiary/aromatic N) is 2. The van der Waals surface area contributed by atoms with Crippen molar-refractivity contribution in [2.75, 3.05) is 26.4 Å². The lowest BCUT2D eigenvalue weighted by Crippen LogP contribution is -2.38. The van der Waals surface area contributed by atoms with Gasteiger partial charge in [0.2, 0.25) is 15.9 Å². The van der Waals surface area contributed by atoms with E-state index in [1.165, 1.54) is 27.9 Å². The fourth-order valence-electron chi connectivity index (χ4n) is 1.75. The zero-order valence-corrected chi connectivity index (χ0v) is 14.6. The monoisotopic (exact) mass is 330 g/mol. The van der Waals surface area contributed by atoms with Gasteiger partial charge in [0.05, 0.1) is 6.26 Å². The van der Waals surface area contributed by atoms with Gasteiger partial charge in [-0.3, -0.25) is 4.79 Å². The lowest BCUT2D eigenvalue weighted by molar-refractivity contribution is -0.126. The molecule has 1 heterocycles. The Morgan fingerprint density at radius 1 is 1.38 bits per heavy atom. The minimum Gasteiger partial charge on any atom is -0.333 e. The van der Waals surface area contributed by atoms with Gasteiger partial charge in [0, 0.05) is 31.6 Å². The molecule has 0 unspecified atom stereocenters. The molecule has 0 N–H and O–H groups in total. The van der Waals surface area contributed by atoms with E-state index in [2.05, 4.69) is 6.58 Å². The summed E-state index contributed by atoms with van der Waals surface area (Å²) < 4.78 is 24.0. The van der Waals surface area contributed by atoms with Crippen LogP contribution < -0.4 is 0 Å². The van der Waals surface area contributed by atoms with Crippen LogP contribution in [0.5, 0.6) is 0 Å². The summed E-state index contributed by atoms with van der Waals surface area (Å²) in [6, 6.07) is 0. The van der Waals surface area contributed by atoms with Crippen molar-refractivity contribution < 1.29 is 13.2 Å². The maximum absolute atomic E-state index is 11.9. The Labute approximate surface area is 130 Å². The van der Waals surface area contributed by atoms with E-state index in [1.807, 2.05) is 19.2 Å². The van der Waals surface area contributed by atoms with Crippen LogP contribution in [-0.4, -0.2) is 49.9 Å². The molecule has 0 aliphatic heterocycles. The smallest absolute Gasteiger partial charge is 0.246 e. The summed E-state index contributed by atoms with van der Waals surface area (Å²) in [4.78, 5) is 14.8. The van der Waals surface area contributed by atoms with E-state index >= 15 is 0 Å². The number of amides is 1. The van der Waals surface area contributed by atoms with Gasteiger partial charge in [-0.2, -0.15) is 0 Å². The second-order valence-corrected chi connectivity index (χ2v) is 8.16. The van der Waals surface area contributed by atoms with Crippen molar-refractivity contribution in [2.24, 2.45) is 0 Å². The summed E-state index contributed by atoms with van der Waals surface area (Å²) in [6.45, 7) is 8.65. The summed E-state index contributed by atoms with van der Waals surface area (Å²) in [7, 11) is -1.73. The van der Waals surface area contributed by atoms with Crippen LogP contribution in [0.2, 0.25) is 0 Å². The van der Waals surface area contributed by atoms with E-state index < -0.39 is 10.0 Å². The Hall–Kier alpha value is -1.18. The maximum Gasteiger partial charge on any atom is 0.246 e. The predicted molar refractivity (Wildman–Crippen MR) is 86.9 cm³/mol. The van der Waals surface area contributed by atoms with Crippen LogP contribution in [0.1, 0.15) is 16.0 Å². The molecular weight excluding hydrogens is 308 g/mol. The van der Waals surface area contributed by atoms with E-state index in [4.69, 9.17) is 0 Å². The van der Waals surface area contributed by atoms with Crippen molar-refractivity contribution in [2.45, 2.75) is 20.4 Å². The first-order chi connectivity index (χ1) is 9.66. The molecule has 1 amide bonds. The van der Waals surface area contributed by atoms with Crippen molar-refractivity contribution in [3.63, 3.8) is 0 Å². The first-order valence-corrected chi connectivity index (χ1v) is 9.25. The first kappa shape index (κ1) is 17.9. The summed E-state index contributed by atoms with van der Waals surface area (Å²) in [5.74, 6) is -0.194. The molecule has 0 atom stereocenters. The van der Waals surface area contributed by atoms with Gasteiger partial charge in [0.25, 0.3) is 0 Å². The Kier molecular flexibility index (Phi) is 6.12. The Bertz CT molecular complexity index is 620. The van der Waals surface area contributed by atoms with Crippen LogP contribution in [-0.2, 0) is 21.4 Å². The molecule has 1 aromatic rings. The van der Waals surface area contributed by atoms with Gasteiger partial charge < -0.3 is 4.90 Å². The second-order valence-electron chi connectivity index (χ2n) is 4.99. The molecule has 0 aliphatic rings. The zero-order chi connectivity index (χ0) is 16.2. The Balaban J connectivity index is 2.80. The van der Waals surface area contributed by atoms with Crippen LogP contribution in [0, 0.1) is 13.8 Å². The van der Waals surface area contributed by atoms with E-state index in [9.17, 15) is 13.2 Å². The zero-order valence-electron chi connectivity index (χ0n) is 12.9. The highest BCUT2D eigenvalue weighted by molar-refractivity contribution is 7.88. The van der Waals surface area contributed by atoms with Crippen molar-refractivity contribution >= 4 is 27.3 Å². The number of thiophene rings is 1. The fourth-order valence-corrected chi connectivity index (χ4v) is 3.04. The SMILES string of the molecule is C=CC(=O)N(CCN(C)S(C)(=O)=O)Cc1csc(C)c1C. The average molecular weight is 330 g/mol. The molecule has 0 saturated heterocycles. The van der Waals surface area contributed by atoms with Crippen molar-refractivity contribution in [3.8, 4) is 0 Å².